The zero-order valence-corrected chi connectivity index (χ0v) is 18.5. The van der Waals surface area contributed by atoms with Gasteiger partial charge < -0.3 is 4.42 Å². The lowest BCUT2D eigenvalue weighted by Gasteiger charge is -2.13. The third-order valence-corrected chi connectivity index (χ3v) is 5.55. The molecule has 31 heavy (non-hydrogen) atoms. The molecule has 4 rings (SSSR count). The van der Waals surface area contributed by atoms with Crippen LogP contribution in [0.25, 0.3) is 0 Å². The zero-order chi connectivity index (χ0) is 21.8. The van der Waals surface area contributed by atoms with Crippen molar-refractivity contribution in [1.29, 1.82) is 0 Å². The fourth-order valence-corrected chi connectivity index (χ4v) is 3.75. The van der Waals surface area contributed by atoms with Crippen LogP contribution < -0.4 is 16.3 Å². The van der Waals surface area contributed by atoms with Crippen LogP contribution in [0, 0.1) is 6.92 Å². The molecule has 0 bridgehead atoms. The first-order chi connectivity index (χ1) is 15.0. The Labute approximate surface area is 188 Å². The summed E-state index contributed by atoms with van der Waals surface area (Å²) in [6.07, 6.45) is 2.24. The lowest BCUT2D eigenvalue weighted by Crippen LogP contribution is -2.29. The summed E-state index contributed by atoms with van der Waals surface area (Å²) in [5, 5.41) is 4.35. The molecule has 0 unspecified atom stereocenters. The number of hydrogen-bond donors (Lipinski definition) is 3. The van der Waals surface area contributed by atoms with Gasteiger partial charge >= 0.3 is 5.91 Å². The van der Waals surface area contributed by atoms with Crippen LogP contribution in [-0.4, -0.2) is 17.5 Å². The maximum absolute atomic E-state index is 12.7. The van der Waals surface area contributed by atoms with E-state index in [2.05, 4.69) is 37.3 Å². The number of rotatable bonds is 5. The molecule has 0 saturated heterocycles. The van der Waals surface area contributed by atoms with E-state index in [1.165, 1.54) is 0 Å². The summed E-state index contributed by atoms with van der Waals surface area (Å²) in [5.74, 6) is 0.291. The lowest BCUT2D eigenvalue weighted by atomic mass is 9.93. The Morgan fingerprint density at radius 2 is 1.74 bits per heavy atom. The molecule has 2 aromatic carbocycles. The number of carbonyl (C=O) groups is 2. The largest absolute Gasteiger partial charge is 0.455 e. The molecule has 0 aliphatic heterocycles. The fraction of sp³-hybridized carbons (Fsp3) is 0.174. The van der Waals surface area contributed by atoms with Crippen LogP contribution >= 0.6 is 15.9 Å². The second kappa shape index (κ2) is 9.18. The van der Waals surface area contributed by atoms with Crippen molar-refractivity contribution in [2.24, 2.45) is 5.10 Å². The van der Waals surface area contributed by atoms with E-state index in [4.69, 9.17) is 4.42 Å². The lowest BCUT2D eigenvalue weighted by molar-refractivity contribution is 0.0930. The van der Waals surface area contributed by atoms with Crippen molar-refractivity contribution in [2.75, 3.05) is 5.43 Å². The monoisotopic (exact) mass is 480 g/mol. The van der Waals surface area contributed by atoms with Gasteiger partial charge in [-0.25, -0.2) is 5.43 Å². The summed E-state index contributed by atoms with van der Waals surface area (Å²) >= 11 is 3.35. The van der Waals surface area contributed by atoms with Crippen LogP contribution in [0.2, 0.25) is 0 Å². The highest BCUT2D eigenvalue weighted by molar-refractivity contribution is 9.10. The maximum Gasteiger partial charge on any atom is 0.305 e. The number of aryl methyl sites for hydroxylation is 1. The number of hydrogen-bond acceptors (Lipinski definition) is 5. The van der Waals surface area contributed by atoms with Crippen molar-refractivity contribution < 1.29 is 14.0 Å². The van der Waals surface area contributed by atoms with Gasteiger partial charge in [0.15, 0.2) is 5.76 Å². The molecule has 3 N–H and O–H groups in total. The van der Waals surface area contributed by atoms with E-state index in [1.54, 1.807) is 24.3 Å². The molecule has 0 atom stereocenters. The number of furan rings is 1. The van der Waals surface area contributed by atoms with E-state index in [1.807, 2.05) is 37.3 Å². The van der Waals surface area contributed by atoms with Gasteiger partial charge in [-0.2, -0.15) is 5.10 Å². The zero-order valence-electron chi connectivity index (χ0n) is 16.9. The molecule has 0 saturated carbocycles. The Hall–Kier alpha value is -3.39. The predicted molar refractivity (Wildman–Crippen MR) is 122 cm³/mol. The van der Waals surface area contributed by atoms with Crippen molar-refractivity contribution in [3.63, 3.8) is 0 Å². The first-order valence-electron chi connectivity index (χ1n) is 9.89. The standard InChI is InChI=1S/C23H21BrN4O3/c1-14-20-18(26-27-22(29)15-10-12-16(24)13-11-15)8-5-9-19(20)31-21(14)23(30)28-25-17-6-3-2-4-7-17/h2-4,6-7,10-13,25H,5,8-9H2,1H3,(H,27,29)(H,28,30)/b26-18+. The number of nitrogens with zero attached hydrogens (tertiary/aromatic N) is 1. The molecule has 1 heterocycles. The van der Waals surface area contributed by atoms with Crippen molar-refractivity contribution in [1.82, 2.24) is 10.9 Å². The van der Waals surface area contributed by atoms with E-state index in [0.717, 1.165) is 28.6 Å². The van der Waals surface area contributed by atoms with Crippen LogP contribution in [0.3, 0.4) is 0 Å². The number of fused-ring (bicyclic) bond motifs is 1. The van der Waals surface area contributed by atoms with Gasteiger partial charge in [0.25, 0.3) is 5.91 Å². The quantitative estimate of drug-likeness (QED) is 0.465. The number of anilines is 1. The average molecular weight is 481 g/mol. The number of amides is 2. The fourth-order valence-electron chi connectivity index (χ4n) is 3.49. The number of hydrazone groups is 1. The minimum absolute atomic E-state index is 0.238. The van der Waals surface area contributed by atoms with Crippen LogP contribution in [-0.2, 0) is 6.42 Å². The number of para-hydroxylation sites is 1. The summed E-state index contributed by atoms with van der Waals surface area (Å²) in [4.78, 5) is 25.1. The predicted octanol–water partition coefficient (Wildman–Crippen LogP) is 4.58. The highest BCUT2D eigenvalue weighted by Gasteiger charge is 2.28. The first-order valence-corrected chi connectivity index (χ1v) is 10.7. The van der Waals surface area contributed by atoms with E-state index in [-0.39, 0.29) is 17.6 Å². The molecule has 1 aromatic heterocycles. The van der Waals surface area contributed by atoms with E-state index >= 15 is 0 Å². The van der Waals surface area contributed by atoms with Crippen LogP contribution in [0.5, 0.6) is 0 Å². The smallest absolute Gasteiger partial charge is 0.305 e. The van der Waals surface area contributed by atoms with E-state index in [9.17, 15) is 9.59 Å². The molecule has 8 heteroatoms. The van der Waals surface area contributed by atoms with Gasteiger partial charge in [-0.05, 0) is 56.2 Å². The van der Waals surface area contributed by atoms with Gasteiger partial charge in [0, 0.05) is 27.6 Å². The number of nitrogens with one attached hydrogen (secondary N) is 3. The molecule has 1 aliphatic carbocycles. The first kappa shape index (κ1) is 20.9. The third kappa shape index (κ3) is 4.69. The van der Waals surface area contributed by atoms with Crippen molar-refractivity contribution in [3.8, 4) is 0 Å². The van der Waals surface area contributed by atoms with E-state index < -0.39 is 0 Å². The van der Waals surface area contributed by atoms with Gasteiger partial charge in [-0.3, -0.25) is 20.4 Å². The minimum Gasteiger partial charge on any atom is -0.455 e. The van der Waals surface area contributed by atoms with Gasteiger partial charge in [0.1, 0.15) is 5.76 Å². The molecular formula is C23H21BrN4O3. The Balaban J connectivity index is 1.51. The van der Waals surface area contributed by atoms with Gasteiger partial charge in [0.05, 0.1) is 11.4 Å². The topological polar surface area (TPSA) is 95.7 Å². The normalized spacial score (nSPS) is 14.1. The van der Waals surface area contributed by atoms with Crippen LogP contribution in [0.4, 0.5) is 5.69 Å². The third-order valence-electron chi connectivity index (χ3n) is 5.02. The molecule has 0 radical (unpaired) electrons. The number of benzene rings is 2. The second-order valence-electron chi connectivity index (χ2n) is 7.16. The van der Waals surface area contributed by atoms with Crippen LogP contribution in [0.1, 0.15) is 50.6 Å². The Kier molecular flexibility index (Phi) is 6.18. The van der Waals surface area contributed by atoms with Crippen LogP contribution in [0.15, 0.2) is 68.6 Å². The SMILES string of the molecule is Cc1c(C(=O)NNc2ccccc2)oc2c1/C(=N/NC(=O)c1ccc(Br)cc1)CCC2. The Bertz CT molecular complexity index is 1140. The van der Waals surface area contributed by atoms with Gasteiger partial charge in [-0.1, -0.05) is 34.1 Å². The highest BCUT2D eigenvalue weighted by atomic mass is 79.9. The van der Waals surface area contributed by atoms with Crippen molar-refractivity contribution in [2.45, 2.75) is 26.2 Å². The second-order valence-corrected chi connectivity index (χ2v) is 8.08. The van der Waals surface area contributed by atoms with E-state index in [0.29, 0.717) is 29.0 Å². The molecule has 7 nitrogen and oxygen atoms in total. The summed E-state index contributed by atoms with van der Waals surface area (Å²) < 4.78 is 6.77. The minimum atomic E-state index is -0.367. The average Bonchev–Trinajstić information content (AvgIpc) is 3.14. The van der Waals surface area contributed by atoms with Gasteiger partial charge in [-0.15, -0.1) is 0 Å². The summed E-state index contributed by atoms with van der Waals surface area (Å²) in [5.41, 5.74) is 11.7. The Morgan fingerprint density at radius 1 is 1.00 bits per heavy atom. The molecular weight excluding hydrogens is 460 g/mol. The molecule has 1 aliphatic rings. The molecule has 158 valence electrons. The molecule has 3 aromatic rings. The number of halogens is 1. The number of carbonyl (C=O) groups excluding carboxylic acids is 2. The highest BCUT2D eigenvalue weighted by Crippen LogP contribution is 2.30. The summed E-state index contributed by atoms with van der Waals surface area (Å²) in [6, 6.07) is 16.4. The summed E-state index contributed by atoms with van der Waals surface area (Å²) in [6.45, 7) is 1.83. The maximum atomic E-state index is 12.7. The number of hydrazine groups is 1. The molecule has 2 amide bonds. The Morgan fingerprint density at radius 3 is 2.48 bits per heavy atom. The molecule has 0 spiro atoms. The van der Waals surface area contributed by atoms with Gasteiger partial charge in [0.2, 0.25) is 0 Å². The molecule has 0 fully saturated rings. The summed E-state index contributed by atoms with van der Waals surface area (Å²) in [7, 11) is 0. The van der Waals surface area contributed by atoms with Crippen molar-refractivity contribution in [3.05, 3.63) is 87.3 Å². The van der Waals surface area contributed by atoms with Crippen molar-refractivity contribution >= 4 is 39.1 Å².